The summed E-state index contributed by atoms with van der Waals surface area (Å²) in [7, 11) is -3.41. The van der Waals surface area contributed by atoms with Crippen LogP contribution in [0.4, 0.5) is 0 Å². The maximum Gasteiger partial charge on any atom is 0.225 e. The third-order valence-electron chi connectivity index (χ3n) is 5.62. The maximum absolute atomic E-state index is 12.6. The molecule has 4 N–H and O–H groups in total. The normalized spacial score (nSPS) is 26.8. The van der Waals surface area contributed by atoms with Gasteiger partial charge in [0, 0.05) is 18.6 Å². The molecule has 2 fully saturated rings. The van der Waals surface area contributed by atoms with Gasteiger partial charge in [-0.15, -0.1) is 12.4 Å². The third kappa shape index (κ3) is 5.22. The van der Waals surface area contributed by atoms with Gasteiger partial charge in [-0.2, -0.15) is 0 Å². The van der Waals surface area contributed by atoms with Crippen LogP contribution in [0.5, 0.6) is 0 Å². The highest BCUT2D eigenvalue weighted by atomic mass is 35.5. The molecule has 1 amide bonds. The van der Waals surface area contributed by atoms with Crippen LogP contribution in [-0.4, -0.2) is 26.4 Å². The van der Waals surface area contributed by atoms with Crippen molar-refractivity contribution in [3.8, 4) is 0 Å². The van der Waals surface area contributed by atoms with Crippen LogP contribution in [-0.2, 0) is 27.1 Å². The van der Waals surface area contributed by atoms with Crippen molar-refractivity contribution in [3.63, 3.8) is 0 Å². The molecule has 27 heavy (non-hydrogen) atoms. The summed E-state index contributed by atoms with van der Waals surface area (Å²) in [5.74, 6) is 0.691. The fraction of sp³-hybridized carbons (Fsp3) is 0.632. The average Bonchev–Trinajstić information content (AvgIpc) is 3.13. The second-order valence-electron chi connectivity index (χ2n) is 7.95. The Morgan fingerprint density at radius 1 is 1.19 bits per heavy atom. The number of benzene rings is 1. The lowest BCUT2D eigenvalue weighted by molar-refractivity contribution is -0.127. The van der Waals surface area contributed by atoms with Crippen LogP contribution in [0.2, 0.25) is 0 Å². The number of nitrogens with one attached hydrogen (secondary N) is 2. The summed E-state index contributed by atoms with van der Waals surface area (Å²) in [5.41, 5.74) is 7.78. The Hall–Kier alpha value is -1.15. The predicted molar refractivity (Wildman–Crippen MR) is 109 cm³/mol. The van der Waals surface area contributed by atoms with Crippen molar-refractivity contribution in [3.05, 3.63) is 35.4 Å². The summed E-state index contributed by atoms with van der Waals surface area (Å²) < 4.78 is 27.0. The maximum atomic E-state index is 12.6. The van der Waals surface area contributed by atoms with Gasteiger partial charge >= 0.3 is 0 Å². The largest absolute Gasteiger partial charge is 0.352 e. The molecule has 8 heteroatoms. The highest BCUT2D eigenvalue weighted by Gasteiger charge is 2.48. The Morgan fingerprint density at radius 2 is 1.81 bits per heavy atom. The molecule has 3 rings (SSSR count). The van der Waals surface area contributed by atoms with Gasteiger partial charge < -0.3 is 11.1 Å². The highest BCUT2D eigenvalue weighted by Crippen LogP contribution is 2.47. The number of fused-ring (bicyclic) bond motifs is 2. The number of rotatable bonds is 7. The van der Waals surface area contributed by atoms with Crippen molar-refractivity contribution < 1.29 is 13.2 Å². The van der Waals surface area contributed by atoms with E-state index in [0.717, 1.165) is 24.8 Å². The molecule has 1 aromatic carbocycles. The summed E-state index contributed by atoms with van der Waals surface area (Å²) in [5, 5.41) is 2.99. The Kier molecular flexibility index (Phi) is 7.30. The summed E-state index contributed by atoms with van der Waals surface area (Å²) >= 11 is 0. The van der Waals surface area contributed by atoms with E-state index in [1.165, 1.54) is 0 Å². The zero-order chi connectivity index (χ0) is 18.9. The minimum atomic E-state index is -3.41. The highest BCUT2D eigenvalue weighted by molar-refractivity contribution is 7.88. The van der Waals surface area contributed by atoms with Gasteiger partial charge in [-0.05, 0) is 56.1 Å². The smallest absolute Gasteiger partial charge is 0.225 e. The predicted octanol–water partition coefficient (Wildman–Crippen LogP) is 1.93. The molecular formula is C19H30ClN3O3S. The van der Waals surface area contributed by atoms with E-state index < -0.39 is 10.0 Å². The van der Waals surface area contributed by atoms with Gasteiger partial charge in [0.2, 0.25) is 15.9 Å². The topological polar surface area (TPSA) is 101 Å². The first-order valence-corrected chi connectivity index (χ1v) is 11.0. The summed E-state index contributed by atoms with van der Waals surface area (Å²) in [6.45, 7) is 3.91. The lowest BCUT2D eigenvalue weighted by Crippen LogP contribution is -2.45. The standard InChI is InChI=1S/C19H29N3O3S.ClH/c1-12(2)22-26(24,25)11-16-6-4-3-5-15(16)10-21-19(23)17-13-7-8-14(9-13)18(17)20;/h3-6,12-14,17-18,22H,7-11,20H2,1-2H3,(H,21,23);1H. The van der Waals surface area contributed by atoms with Crippen LogP contribution in [0.15, 0.2) is 24.3 Å². The summed E-state index contributed by atoms with van der Waals surface area (Å²) in [6.07, 6.45) is 3.29. The number of nitrogens with two attached hydrogens (primary N) is 1. The molecule has 2 aliphatic carbocycles. The van der Waals surface area contributed by atoms with Crippen LogP contribution < -0.4 is 15.8 Å². The van der Waals surface area contributed by atoms with E-state index in [0.29, 0.717) is 23.9 Å². The number of amides is 1. The van der Waals surface area contributed by atoms with Crippen LogP contribution in [0.25, 0.3) is 0 Å². The Labute approximate surface area is 168 Å². The SMILES string of the molecule is CC(C)NS(=O)(=O)Cc1ccccc1CNC(=O)C1C2CCC(C2)C1N.Cl. The molecule has 152 valence electrons. The quantitative estimate of drug-likeness (QED) is 0.633. The van der Waals surface area contributed by atoms with E-state index in [2.05, 4.69) is 10.0 Å². The van der Waals surface area contributed by atoms with E-state index in [9.17, 15) is 13.2 Å². The van der Waals surface area contributed by atoms with Crippen molar-refractivity contribution >= 4 is 28.3 Å². The van der Waals surface area contributed by atoms with Gasteiger partial charge in [0.25, 0.3) is 0 Å². The zero-order valence-electron chi connectivity index (χ0n) is 15.9. The van der Waals surface area contributed by atoms with E-state index in [1.807, 2.05) is 18.2 Å². The summed E-state index contributed by atoms with van der Waals surface area (Å²) in [4.78, 5) is 12.6. The molecule has 0 saturated heterocycles. The molecule has 2 aliphatic rings. The average molecular weight is 416 g/mol. The third-order valence-corrected chi connectivity index (χ3v) is 7.14. The van der Waals surface area contributed by atoms with Gasteiger partial charge in [-0.1, -0.05) is 24.3 Å². The molecule has 6 nitrogen and oxygen atoms in total. The number of carbonyl (C=O) groups is 1. The lowest BCUT2D eigenvalue weighted by Gasteiger charge is -2.27. The van der Waals surface area contributed by atoms with E-state index in [1.54, 1.807) is 19.9 Å². The monoisotopic (exact) mass is 415 g/mol. The zero-order valence-corrected chi connectivity index (χ0v) is 17.5. The van der Waals surface area contributed by atoms with Crippen LogP contribution >= 0.6 is 12.4 Å². The Bertz CT molecular complexity index is 767. The van der Waals surface area contributed by atoms with Crippen molar-refractivity contribution in [1.29, 1.82) is 0 Å². The lowest BCUT2D eigenvalue weighted by atomic mass is 9.84. The van der Waals surface area contributed by atoms with Crippen molar-refractivity contribution in [2.75, 3.05) is 0 Å². The van der Waals surface area contributed by atoms with Crippen molar-refractivity contribution in [2.45, 2.75) is 57.5 Å². The van der Waals surface area contributed by atoms with Gasteiger partial charge in [0.15, 0.2) is 0 Å². The van der Waals surface area contributed by atoms with Gasteiger partial charge in [-0.3, -0.25) is 4.79 Å². The van der Waals surface area contributed by atoms with Gasteiger partial charge in [0.1, 0.15) is 0 Å². The van der Waals surface area contributed by atoms with Crippen LogP contribution in [0.1, 0.15) is 44.2 Å². The van der Waals surface area contributed by atoms with Gasteiger partial charge in [0.05, 0.1) is 11.7 Å². The van der Waals surface area contributed by atoms with Crippen molar-refractivity contribution in [2.24, 2.45) is 23.5 Å². The number of carbonyl (C=O) groups excluding carboxylic acids is 1. The second-order valence-corrected chi connectivity index (χ2v) is 9.71. The molecular weight excluding hydrogens is 386 g/mol. The number of hydrogen-bond donors (Lipinski definition) is 3. The number of hydrogen-bond acceptors (Lipinski definition) is 4. The minimum absolute atomic E-state index is 0. The van der Waals surface area contributed by atoms with Crippen molar-refractivity contribution in [1.82, 2.24) is 10.0 Å². The Morgan fingerprint density at radius 3 is 2.41 bits per heavy atom. The minimum Gasteiger partial charge on any atom is -0.352 e. The fourth-order valence-electron chi connectivity index (χ4n) is 4.50. The molecule has 4 unspecified atom stereocenters. The Balaban J connectivity index is 0.00000261. The van der Waals surface area contributed by atoms with Gasteiger partial charge in [-0.25, -0.2) is 13.1 Å². The van der Waals surface area contributed by atoms with E-state index in [4.69, 9.17) is 5.73 Å². The first-order valence-electron chi connectivity index (χ1n) is 9.37. The number of halogens is 1. The second kappa shape index (κ2) is 8.90. The van der Waals surface area contributed by atoms with E-state index >= 15 is 0 Å². The van der Waals surface area contributed by atoms with Crippen LogP contribution in [0, 0.1) is 17.8 Å². The molecule has 0 radical (unpaired) electrons. The molecule has 4 atom stereocenters. The molecule has 0 heterocycles. The first kappa shape index (κ1) is 22.1. The molecule has 0 spiro atoms. The molecule has 2 bridgehead atoms. The molecule has 0 aliphatic heterocycles. The molecule has 1 aromatic rings. The first-order chi connectivity index (χ1) is 12.3. The summed E-state index contributed by atoms with van der Waals surface area (Å²) in [6, 6.07) is 7.14. The number of sulfonamides is 1. The van der Waals surface area contributed by atoms with Crippen LogP contribution in [0.3, 0.4) is 0 Å². The fourth-order valence-corrected chi connectivity index (χ4v) is 5.99. The molecule has 0 aromatic heterocycles. The molecule has 2 saturated carbocycles. The van der Waals surface area contributed by atoms with E-state index in [-0.39, 0.29) is 42.1 Å².